The number of terminal acetylenes is 1. The molecule has 0 aliphatic heterocycles. The number of rotatable bonds is 7. The van der Waals surface area contributed by atoms with Crippen molar-refractivity contribution in [3.8, 4) is 12.3 Å². The van der Waals surface area contributed by atoms with Crippen LogP contribution in [0, 0.1) is 12.3 Å². The molecule has 1 amide bonds. The standard InChI is InChI=1S/C11H19NO2/c1-4-8-12(9-5-2)11(13)7-6-10-14-3/h1H,5-10H2,2-3H3. The summed E-state index contributed by atoms with van der Waals surface area (Å²) in [6.45, 7) is 3.82. The second-order valence-electron chi connectivity index (χ2n) is 3.12. The summed E-state index contributed by atoms with van der Waals surface area (Å²) in [5.74, 6) is 2.62. The first kappa shape index (κ1) is 13.0. The molecule has 0 radical (unpaired) electrons. The highest BCUT2D eigenvalue weighted by molar-refractivity contribution is 5.76. The predicted molar refractivity (Wildman–Crippen MR) is 56.8 cm³/mol. The molecule has 0 saturated carbocycles. The smallest absolute Gasteiger partial charge is 0.223 e. The Labute approximate surface area is 86.4 Å². The number of carbonyl (C=O) groups excluding carboxylic acids is 1. The first-order valence-electron chi connectivity index (χ1n) is 4.96. The maximum Gasteiger partial charge on any atom is 0.223 e. The molecule has 0 N–H and O–H groups in total. The Kier molecular flexibility index (Phi) is 7.96. The lowest BCUT2D eigenvalue weighted by Crippen LogP contribution is -2.32. The minimum atomic E-state index is 0.127. The van der Waals surface area contributed by atoms with Crippen molar-refractivity contribution < 1.29 is 9.53 Å². The summed E-state index contributed by atoms with van der Waals surface area (Å²) in [5.41, 5.74) is 0. The summed E-state index contributed by atoms with van der Waals surface area (Å²) in [7, 11) is 1.63. The molecule has 80 valence electrons. The van der Waals surface area contributed by atoms with Crippen LogP contribution in [0.4, 0.5) is 0 Å². The second kappa shape index (κ2) is 8.58. The van der Waals surface area contributed by atoms with E-state index >= 15 is 0 Å². The highest BCUT2D eigenvalue weighted by Crippen LogP contribution is 1.99. The molecule has 0 saturated heterocycles. The van der Waals surface area contributed by atoms with E-state index in [-0.39, 0.29) is 5.91 Å². The SMILES string of the molecule is C#CCN(CCC)C(=O)CCCOC. The zero-order valence-electron chi connectivity index (χ0n) is 9.08. The summed E-state index contributed by atoms with van der Waals surface area (Å²) in [4.78, 5) is 13.3. The largest absolute Gasteiger partial charge is 0.385 e. The Morgan fingerprint density at radius 3 is 2.79 bits per heavy atom. The lowest BCUT2D eigenvalue weighted by Gasteiger charge is -2.19. The van der Waals surface area contributed by atoms with Crippen LogP contribution in [0.1, 0.15) is 26.2 Å². The van der Waals surface area contributed by atoms with Crippen molar-refractivity contribution >= 4 is 5.91 Å². The molecule has 3 nitrogen and oxygen atoms in total. The van der Waals surface area contributed by atoms with Crippen molar-refractivity contribution in [2.75, 3.05) is 26.8 Å². The van der Waals surface area contributed by atoms with Gasteiger partial charge in [0.15, 0.2) is 0 Å². The number of ether oxygens (including phenoxy) is 1. The van der Waals surface area contributed by atoms with Crippen molar-refractivity contribution in [2.45, 2.75) is 26.2 Å². The van der Waals surface area contributed by atoms with Gasteiger partial charge in [0.2, 0.25) is 5.91 Å². The first-order valence-corrected chi connectivity index (χ1v) is 4.96. The molecule has 0 aliphatic rings. The first-order chi connectivity index (χ1) is 6.76. The molecule has 0 heterocycles. The van der Waals surface area contributed by atoms with Gasteiger partial charge in [-0.2, -0.15) is 0 Å². The van der Waals surface area contributed by atoms with E-state index in [0.29, 0.717) is 19.6 Å². The molecule has 0 aliphatic carbocycles. The van der Waals surface area contributed by atoms with Crippen LogP contribution in [0.5, 0.6) is 0 Å². The van der Waals surface area contributed by atoms with Crippen molar-refractivity contribution in [1.82, 2.24) is 4.90 Å². The van der Waals surface area contributed by atoms with Crippen LogP contribution in [0.25, 0.3) is 0 Å². The lowest BCUT2D eigenvalue weighted by molar-refractivity contribution is -0.130. The van der Waals surface area contributed by atoms with Gasteiger partial charge in [0.05, 0.1) is 6.54 Å². The van der Waals surface area contributed by atoms with E-state index in [4.69, 9.17) is 11.2 Å². The van der Waals surface area contributed by atoms with Crippen LogP contribution in [0.2, 0.25) is 0 Å². The summed E-state index contributed by atoms with van der Waals surface area (Å²) in [6, 6.07) is 0. The number of methoxy groups -OCH3 is 1. The summed E-state index contributed by atoms with van der Waals surface area (Å²) in [5, 5.41) is 0. The third kappa shape index (κ3) is 5.60. The number of carbonyl (C=O) groups is 1. The molecular weight excluding hydrogens is 178 g/mol. The predicted octanol–water partition coefficient (Wildman–Crippen LogP) is 1.28. The van der Waals surface area contributed by atoms with Gasteiger partial charge in [0.25, 0.3) is 0 Å². The number of nitrogens with zero attached hydrogens (tertiary/aromatic N) is 1. The van der Waals surface area contributed by atoms with E-state index in [9.17, 15) is 4.79 Å². The van der Waals surface area contributed by atoms with Gasteiger partial charge in [0, 0.05) is 26.7 Å². The van der Waals surface area contributed by atoms with E-state index < -0.39 is 0 Å². The third-order valence-corrected chi connectivity index (χ3v) is 1.87. The van der Waals surface area contributed by atoms with Crippen LogP contribution in [0.3, 0.4) is 0 Å². The molecule has 0 spiro atoms. The summed E-state index contributed by atoms with van der Waals surface area (Å²) >= 11 is 0. The van der Waals surface area contributed by atoms with E-state index in [0.717, 1.165) is 19.4 Å². The monoisotopic (exact) mass is 197 g/mol. The van der Waals surface area contributed by atoms with Crippen molar-refractivity contribution in [3.63, 3.8) is 0 Å². The molecule has 0 unspecified atom stereocenters. The van der Waals surface area contributed by atoms with Gasteiger partial charge in [0.1, 0.15) is 0 Å². The van der Waals surface area contributed by atoms with Gasteiger partial charge in [-0.15, -0.1) is 6.42 Å². The molecule has 0 fully saturated rings. The highest BCUT2D eigenvalue weighted by Gasteiger charge is 2.10. The minimum Gasteiger partial charge on any atom is -0.385 e. The molecule has 3 heteroatoms. The zero-order chi connectivity index (χ0) is 10.8. The van der Waals surface area contributed by atoms with Crippen molar-refractivity contribution in [3.05, 3.63) is 0 Å². The Morgan fingerprint density at radius 1 is 1.57 bits per heavy atom. The van der Waals surface area contributed by atoms with Crippen molar-refractivity contribution in [1.29, 1.82) is 0 Å². The van der Waals surface area contributed by atoms with E-state index in [2.05, 4.69) is 5.92 Å². The Hall–Kier alpha value is -1.01. The Morgan fingerprint density at radius 2 is 2.29 bits per heavy atom. The summed E-state index contributed by atoms with van der Waals surface area (Å²) in [6.07, 6.45) is 7.41. The molecule has 14 heavy (non-hydrogen) atoms. The Balaban J connectivity index is 3.83. The average molecular weight is 197 g/mol. The van der Waals surface area contributed by atoms with Gasteiger partial charge in [-0.25, -0.2) is 0 Å². The van der Waals surface area contributed by atoms with E-state index in [1.807, 2.05) is 6.92 Å². The molecule has 0 aromatic rings. The van der Waals surface area contributed by atoms with Gasteiger partial charge in [-0.05, 0) is 12.8 Å². The van der Waals surface area contributed by atoms with Crippen molar-refractivity contribution in [2.24, 2.45) is 0 Å². The average Bonchev–Trinajstić information content (AvgIpc) is 2.18. The van der Waals surface area contributed by atoms with Crippen LogP contribution >= 0.6 is 0 Å². The fourth-order valence-electron chi connectivity index (χ4n) is 1.20. The normalized spacial score (nSPS) is 9.50. The highest BCUT2D eigenvalue weighted by atomic mass is 16.5. The quantitative estimate of drug-likeness (QED) is 0.454. The lowest BCUT2D eigenvalue weighted by atomic mass is 10.2. The molecular formula is C11H19NO2. The molecule has 0 bridgehead atoms. The number of hydrogen-bond acceptors (Lipinski definition) is 2. The maximum absolute atomic E-state index is 11.6. The van der Waals surface area contributed by atoms with Crippen LogP contribution < -0.4 is 0 Å². The number of amides is 1. The van der Waals surface area contributed by atoms with E-state index in [1.54, 1.807) is 12.0 Å². The molecule has 0 rings (SSSR count). The van der Waals surface area contributed by atoms with Crippen LogP contribution in [-0.2, 0) is 9.53 Å². The third-order valence-electron chi connectivity index (χ3n) is 1.87. The van der Waals surface area contributed by atoms with Gasteiger partial charge in [-0.1, -0.05) is 12.8 Å². The van der Waals surface area contributed by atoms with Gasteiger partial charge in [-0.3, -0.25) is 4.79 Å². The molecule has 0 aromatic heterocycles. The topological polar surface area (TPSA) is 29.5 Å². The second-order valence-corrected chi connectivity index (χ2v) is 3.12. The maximum atomic E-state index is 11.6. The molecule has 0 atom stereocenters. The van der Waals surface area contributed by atoms with Crippen LogP contribution in [-0.4, -0.2) is 37.6 Å². The molecule has 0 aromatic carbocycles. The zero-order valence-corrected chi connectivity index (χ0v) is 9.08. The fourth-order valence-corrected chi connectivity index (χ4v) is 1.20. The van der Waals surface area contributed by atoms with E-state index in [1.165, 1.54) is 0 Å². The minimum absolute atomic E-state index is 0.127. The van der Waals surface area contributed by atoms with Crippen LogP contribution in [0.15, 0.2) is 0 Å². The number of hydrogen-bond donors (Lipinski definition) is 0. The Bertz CT molecular complexity index is 196. The van der Waals surface area contributed by atoms with Gasteiger partial charge < -0.3 is 9.64 Å². The summed E-state index contributed by atoms with van der Waals surface area (Å²) < 4.78 is 4.88. The van der Waals surface area contributed by atoms with Gasteiger partial charge >= 0.3 is 0 Å². The fraction of sp³-hybridized carbons (Fsp3) is 0.727.